The summed E-state index contributed by atoms with van der Waals surface area (Å²) in [6, 6.07) is 7.64. The van der Waals surface area contributed by atoms with Crippen LogP contribution in [-0.4, -0.2) is 56.4 Å². The zero-order valence-corrected chi connectivity index (χ0v) is 24.5. The first kappa shape index (κ1) is 28.2. The van der Waals surface area contributed by atoms with Gasteiger partial charge in [0.1, 0.15) is 22.3 Å². The first-order chi connectivity index (χ1) is 17.8. The summed E-state index contributed by atoms with van der Waals surface area (Å²) in [5.41, 5.74) is 2.59. The normalized spacial score (nSPS) is 22.8. The Morgan fingerprint density at radius 3 is 2.45 bits per heavy atom. The number of hydrogen-bond donors (Lipinski definition) is 2. The standard InChI is InChI=1S/C27H35ClN6O3S/c1-15-16(2)38-23-21(15)22(18-8-10-19(28)11-9-18)31-27(7,24-33-32-17(3)34(23)24)14-20(35)29-12-13-30-25(36)37-26(4,5)6/h8-11,16,23H,12-14H2,1-7H3,(H,29,35)(H,30,36). The van der Waals surface area contributed by atoms with Crippen LogP contribution in [0, 0.1) is 6.92 Å². The number of hydrogen-bond acceptors (Lipinski definition) is 7. The Kier molecular flexibility index (Phi) is 7.95. The van der Waals surface area contributed by atoms with Crippen LogP contribution in [0.2, 0.25) is 5.02 Å². The molecule has 3 unspecified atom stereocenters. The van der Waals surface area contributed by atoms with E-state index in [1.165, 1.54) is 5.57 Å². The van der Waals surface area contributed by atoms with Gasteiger partial charge in [-0.05, 0) is 60.6 Å². The molecular weight excluding hydrogens is 524 g/mol. The number of aryl methyl sites for hydroxylation is 1. The van der Waals surface area contributed by atoms with E-state index in [4.69, 9.17) is 21.3 Å². The molecule has 4 rings (SSSR count). The molecule has 11 heteroatoms. The molecule has 1 aromatic carbocycles. The number of ether oxygens (including phenoxy) is 1. The lowest BCUT2D eigenvalue weighted by Gasteiger charge is -2.25. The lowest BCUT2D eigenvalue weighted by atomic mass is 9.94. The first-order valence-electron chi connectivity index (χ1n) is 12.7. The lowest BCUT2D eigenvalue weighted by Crippen LogP contribution is -2.39. The van der Waals surface area contributed by atoms with E-state index in [-0.39, 0.29) is 30.8 Å². The van der Waals surface area contributed by atoms with Gasteiger partial charge in [0, 0.05) is 34.5 Å². The zero-order chi connectivity index (χ0) is 27.8. The van der Waals surface area contributed by atoms with E-state index < -0.39 is 17.2 Å². The summed E-state index contributed by atoms with van der Waals surface area (Å²) in [6.45, 7) is 14.1. The molecular formula is C27H35ClN6O3S. The van der Waals surface area contributed by atoms with Crippen LogP contribution >= 0.6 is 23.4 Å². The maximum Gasteiger partial charge on any atom is 0.407 e. The second-order valence-electron chi connectivity index (χ2n) is 10.9. The van der Waals surface area contributed by atoms with Crippen molar-refractivity contribution in [3.8, 4) is 0 Å². The Hall–Kier alpha value is -2.85. The molecule has 0 fully saturated rings. The Labute approximate surface area is 232 Å². The van der Waals surface area contributed by atoms with Crippen LogP contribution in [0.25, 0.3) is 0 Å². The summed E-state index contributed by atoms with van der Waals surface area (Å²) in [4.78, 5) is 30.3. The van der Waals surface area contributed by atoms with Crippen molar-refractivity contribution in [1.29, 1.82) is 0 Å². The van der Waals surface area contributed by atoms with Gasteiger partial charge < -0.3 is 15.4 Å². The molecule has 0 radical (unpaired) electrons. The van der Waals surface area contributed by atoms with Gasteiger partial charge in [-0.25, -0.2) is 4.79 Å². The van der Waals surface area contributed by atoms with Crippen molar-refractivity contribution in [3.05, 3.63) is 57.6 Å². The number of amides is 2. The highest BCUT2D eigenvalue weighted by Gasteiger charge is 2.45. The number of nitrogens with zero attached hydrogens (tertiary/aromatic N) is 4. The van der Waals surface area contributed by atoms with Gasteiger partial charge in [-0.1, -0.05) is 29.3 Å². The van der Waals surface area contributed by atoms with E-state index in [0.29, 0.717) is 16.1 Å². The second kappa shape index (κ2) is 10.7. The zero-order valence-electron chi connectivity index (χ0n) is 22.9. The molecule has 2 aliphatic rings. The lowest BCUT2D eigenvalue weighted by molar-refractivity contribution is -0.122. The van der Waals surface area contributed by atoms with E-state index in [1.807, 2.05) is 49.9 Å². The SMILES string of the molecule is CC1=C2C(c3ccc(Cl)cc3)=NC(C)(CC(=O)NCCNC(=O)OC(C)(C)C)c3nnc(C)n3C2SC1C. The molecule has 38 heavy (non-hydrogen) atoms. The molecule has 0 aliphatic carbocycles. The molecule has 204 valence electrons. The number of benzene rings is 1. The van der Waals surface area contributed by atoms with Gasteiger partial charge in [0.05, 0.1) is 12.1 Å². The summed E-state index contributed by atoms with van der Waals surface area (Å²) >= 11 is 8.02. The summed E-state index contributed by atoms with van der Waals surface area (Å²) < 4.78 is 7.36. The molecule has 1 aromatic heterocycles. The fourth-order valence-electron chi connectivity index (χ4n) is 4.65. The summed E-state index contributed by atoms with van der Waals surface area (Å²) in [5.74, 6) is 1.22. The highest BCUT2D eigenvalue weighted by atomic mass is 35.5. The monoisotopic (exact) mass is 558 g/mol. The van der Waals surface area contributed by atoms with Gasteiger partial charge in [-0.3, -0.25) is 14.4 Å². The van der Waals surface area contributed by atoms with Crippen LogP contribution in [0.1, 0.15) is 70.5 Å². The van der Waals surface area contributed by atoms with E-state index in [2.05, 4.69) is 39.2 Å². The van der Waals surface area contributed by atoms with Gasteiger partial charge in [0.2, 0.25) is 5.91 Å². The van der Waals surface area contributed by atoms with Gasteiger partial charge in [-0.2, -0.15) is 0 Å². The molecule has 0 spiro atoms. The maximum atomic E-state index is 13.2. The van der Waals surface area contributed by atoms with Crippen LogP contribution in [0.15, 0.2) is 40.4 Å². The molecule has 0 bridgehead atoms. The highest BCUT2D eigenvalue weighted by Crippen LogP contribution is 2.51. The average Bonchev–Trinajstić information content (AvgIpc) is 3.31. The van der Waals surface area contributed by atoms with Crippen LogP contribution < -0.4 is 10.6 Å². The number of carbonyl (C=O) groups is 2. The molecule has 2 aromatic rings. The van der Waals surface area contributed by atoms with Crippen molar-refractivity contribution >= 4 is 41.1 Å². The van der Waals surface area contributed by atoms with Gasteiger partial charge in [-0.15, -0.1) is 22.0 Å². The van der Waals surface area contributed by atoms with E-state index in [1.54, 1.807) is 20.8 Å². The second-order valence-corrected chi connectivity index (χ2v) is 12.7. The van der Waals surface area contributed by atoms with E-state index >= 15 is 0 Å². The molecule has 2 N–H and O–H groups in total. The van der Waals surface area contributed by atoms with Gasteiger partial charge >= 0.3 is 6.09 Å². The van der Waals surface area contributed by atoms with E-state index in [9.17, 15) is 9.59 Å². The molecule has 3 atom stereocenters. The molecule has 0 saturated carbocycles. The average molecular weight is 559 g/mol. The van der Waals surface area contributed by atoms with Crippen molar-refractivity contribution in [3.63, 3.8) is 0 Å². The molecule has 3 heterocycles. The third-order valence-electron chi connectivity index (χ3n) is 6.55. The minimum absolute atomic E-state index is 0.0488. The first-order valence-corrected chi connectivity index (χ1v) is 14.0. The van der Waals surface area contributed by atoms with Crippen LogP contribution in [-0.2, 0) is 15.1 Å². The molecule has 9 nitrogen and oxygen atoms in total. The number of aliphatic imine (C=N–C) groups is 1. The minimum atomic E-state index is -0.972. The predicted octanol–water partition coefficient (Wildman–Crippen LogP) is 4.94. The van der Waals surface area contributed by atoms with Crippen LogP contribution in [0.4, 0.5) is 4.79 Å². The number of nitrogens with one attached hydrogen (secondary N) is 2. The number of aromatic nitrogens is 3. The minimum Gasteiger partial charge on any atom is -0.444 e. The van der Waals surface area contributed by atoms with Crippen molar-refractivity contribution in [2.75, 3.05) is 13.1 Å². The number of fused-ring (bicyclic) bond motifs is 3. The van der Waals surface area contributed by atoms with Crippen molar-refractivity contribution in [2.24, 2.45) is 4.99 Å². The Balaban J connectivity index is 1.63. The van der Waals surface area contributed by atoms with Crippen molar-refractivity contribution < 1.29 is 14.3 Å². The van der Waals surface area contributed by atoms with Gasteiger partial charge in [0.15, 0.2) is 5.82 Å². The van der Waals surface area contributed by atoms with Gasteiger partial charge in [0.25, 0.3) is 0 Å². The Morgan fingerprint density at radius 2 is 1.79 bits per heavy atom. The molecule has 2 aliphatic heterocycles. The molecule has 0 saturated heterocycles. The fraction of sp³-hybridized carbons (Fsp3) is 0.519. The van der Waals surface area contributed by atoms with Crippen LogP contribution in [0.3, 0.4) is 0 Å². The number of carbonyl (C=O) groups excluding carboxylic acids is 2. The van der Waals surface area contributed by atoms with Crippen LogP contribution in [0.5, 0.6) is 0 Å². The largest absolute Gasteiger partial charge is 0.444 e. The summed E-state index contributed by atoms with van der Waals surface area (Å²) in [6.07, 6.45) is -0.460. The number of alkyl carbamates (subject to hydrolysis) is 1. The quantitative estimate of drug-likeness (QED) is 0.486. The Bertz CT molecular complexity index is 1300. The predicted molar refractivity (Wildman–Crippen MR) is 151 cm³/mol. The smallest absolute Gasteiger partial charge is 0.407 e. The van der Waals surface area contributed by atoms with Crippen molar-refractivity contribution in [2.45, 2.75) is 76.7 Å². The third-order valence-corrected chi connectivity index (χ3v) is 8.27. The topological polar surface area (TPSA) is 110 Å². The fourth-order valence-corrected chi connectivity index (χ4v) is 6.30. The number of rotatable bonds is 6. The summed E-state index contributed by atoms with van der Waals surface area (Å²) in [7, 11) is 0. The molecule has 2 amide bonds. The number of thioether (sulfide) groups is 1. The van der Waals surface area contributed by atoms with Crippen molar-refractivity contribution in [1.82, 2.24) is 25.4 Å². The number of halogens is 1. The third kappa shape index (κ3) is 5.91. The maximum absolute atomic E-state index is 13.2. The summed E-state index contributed by atoms with van der Waals surface area (Å²) in [5, 5.41) is 15.4. The highest BCUT2D eigenvalue weighted by molar-refractivity contribution is 8.00. The van der Waals surface area contributed by atoms with E-state index in [0.717, 1.165) is 22.7 Å². The Morgan fingerprint density at radius 1 is 1.13 bits per heavy atom.